The topological polar surface area (TPSA) is 54.0 Å². The molecule has 1 saturated heterocycles. The fourth-order valence-electron chi connectivity index (χ4n) is 3.45. The van der Waals surface area contributed by atoms with Crippen LogP contribution in [0.3, 0.4) is 0 Å². The number of methoxy groups -OCH3 is 2. The molecule has 1 aliphatic heterocycles. The molecule has 0 aromatic heterocycles. The standard InChI is InChI=1S/C23H29N3O3/c1-17-15-19(6-8-21(17)26-13-11-25(2)12-14-26)24-23(27)10-5-18-16-20(28-3)7-9-22(18)29-4/h5-10,15-16H,11-14H2,1-4H3,(H,24,27)/b10-5+. The van der Waals surface area contributed by atoms with E-state index in [0.717, 1.165) is 43.0 Å². The van der Waals surface area contributed by atoms with E-state index in [9.17, 15) is 4.79 Å². The number of piperazine rings is 1. The second kappa shape index (κ2) is 9.47. The van der Waals surface area contributed by atoms with Crippen LogP contribution in [0.2, 0.25) is 0 Å². The van der Waals surface area contributed by atoms with Gasteiger partial charge in [0.1, 0.15) is 11.5 Å². The van der Waals surface area contributed by atoms with Gasteiger partial charge in [0.05, 0.1) is 14.2 Å². The summed E-state index contributed by atoms with van der Waals surface area (Å²) in [5.41, 5.74) is 3.95. The van der Waals surface area contributed by atoms with E-state index in [4.69, 9.17) is 9.47 Å². The molecule has 6 nitrogen and oxygen atoms in total. The van der Waals surface area contributed by atoms with Gasteiger partial charge in [-0.15, -0.1) is 0 Å². The van der Waals surface area contributed by atoms with Crippen LogP contribution >= 0.6 is 0 Å². The summed E-state index contributed by atoms with van der Waals surface area (Å²) in [6, 6.07) is 11.5. The summed E-state index contributed by atoms with van der Waals surface area (Å²) in [7, 11) is 5.36. The highest BCUT2D eigenvalue weighted by Crippen LogP contribution is 2.26. The van der Waals surface area contributed by atoms with Crippen LogP contribution in [0.4, 0.5) is 11.4 Å². The molecule has 29 heavy (non-hydrogen) atoms. The zero-order chi connectivity index (χ0) is 20.8. The van der Waals surface area contributed by atoms with Gasteiger partial charge < -0.3 is 24.6 Å². The van der Waals surface area contributed by atoms with Crippen LogP contribution in [-0.4, -0.2) is 58.3 Å². The number of hydrogen-bond donors (Lipinski definition) is 1. The number of nitrogens with one attached hydrogen (secondary N) is 1. The van der Waals surface area contributed by atoms with Crippen LogP contribution in [0.5, 0.6) is 11.5 Å². The van der Waals surface area contributed by atoms with Crippen LogP contribution in [0.15, 0.2) is 42.5 Å². The summed E-state index contributed by atoms with van der Waals surface area (Å²) in [5, 5.41) is 2.93. The third-order valence-electron chi connectivity index (χ3n) is 5.16. The summed E-state index contributed by atoms with van der Waals surface area (Å²) in [5.74, 6) is 1.20. The van der Waals surface area contributed by atoms with E-state index in [-0.39, 0.29) is 5.91 Å². The third kappa shape index (κ3) is 5.29. The quantitative estimate of drug-likeness (QED) is 0.760. The number of carbonyl (C=O) groups is 1. The molecule has 1 heterocycles. The zero-order valence-electron chi connectivity index (χ0n) is 17.6. The first-order chi connectivity index (χ1) is 14.0. The van der Waals surface area contributed by atoms with Crippen molar-refractivity contribution in [3.05, 3.63) is 53.6 Å². The molecule has 1 N–H and O–H groups in total. The Kier molecular flexibility index (Phi) is 6.77. The van der Waals surface area contributed by atoms with Gasteiger partial charge in [-0.25, -0.2) is 0 Å². The highest BCUT2D eigenvalue weighted by atomic mass is 16.5. The van der Waals surface area contributed by atoms with E-state index in [1.54, 1.807) is 20.3 Å². The first-order valence-electron chi connectivity index (χ1n) is 9.75. The van der Waals surface area contributed by atoms with Crippen molar-refractivity contribution < 1.29 is 14.3 Å². The van der Waals surface area contributed by atoms with Crippen molar-refractivity contribution in [1.82, 2.24) is 4.90 Å². The summed E-state index contributed by atoms with van der Waals surface area (Å²) in [6.45, 7) is 6.26. The first kappa shape index (κ1) is 20.7. The predicted octanol–water partition coefficient (Wildman–Crippen LogP) is 3.42. The Morgan fingerprint density at radius 1 is 1.03 bits per heavy atom. The van der Waals surface area contributed by atoms with Crippen molar-refractivity contribution in [2.45, 2.75) is 6.92 Å². The van der Waals surface area contributed by atoms with Crippen LogP contribution in [0.25, 0.3) is 6.08 Å². The number of benzene rings is 2. The SMILES string of the molecule is COc1ccc(OC)c(/C=C/C(=O)Nc2ccc(N3CCN(C)CC3)c(C)c2)c1. The minimum Gasteiger partial charge on any atom is -0.497 e. The minimum absolute atomic E-state index is 0.193. The van der Waals surface area contributed by atoms with Crippen molar-refractivity contribution in [3.8, 4) is 11.5 Å². The van der Waals surface area contributed by atoms with E-state index >= 15 is 0 Å². The zero-order valence-corrected chi connectivity index (χ0v) is 17.6. The molecule has 1 amide bonds. The highest BCUT2D eigenvalue weighted by Gasteiger charge is 2.16. The lowest BCUT2D eigenvalue weighted by molar-refractivity contribution is -0.111. The number of nitrogens with zero attached hydrogens (tertiary/aromatic N) is 2. The highest BCUT2D eigenvalue weighted by molar-refractivity contribution is 6.02. The normalized spacial score (nSPS) is 14.8. The Bertz CT molecular complexity index is 887. The molecule has 1 fully saturated rings. The van der Waals surface area contributed by atoms with Crippen molar-refractivity contribution in [2.24, 2.45) is 0 Å². The summed E-state index contributed by atoms with van der Waals surface area (Å²) in [4.78, 5) is 17.1. The number of likely N-dealkylation sites (N-methyl/N-ethyl adjacent to an activating group) is 1. The van der Waals surface area contributed by atoms with E-state index in [2.05, 4.69) is 35.2 Å². The van der Waals surface area contributed by atoms with E-state index in [1.165, 1.54) is 11.8 Å². The molecule has 0 saturated carbocycles. The smallest absolute Gasteiger partial charge is 0.248 e. The molecular formula is C23H29N3O3. The van der Waals surface area contributed by atoms with Gasteiger partial charge in [0.2, 0.25) is 5.91 Å². The lowest BCUT2D eigenvalue weighted by Crippen LogP contribution is -2.44. The molecule has 2 aromatic rings. The van der Waals surface area contributed by atoms with Crippen molar-refractivity contribution in [3.63, 3.8) is 0 Å². The average molecular weight is 396 g/mol. The van der Waals surface area contributed by atoms with Crippen molar-refractivity contribution in [2.75, 3.05) is 57.7 Å². The number of rotatable bonds is 6. The van der Waals surface area contributed by atoms with Gasteiger partial charge in [0.15, 0.2) is 0 Å². The van der Waals surface area contributed by atoms with Gasteiger partial charge >= 0.3 is 0 Å². The summed E-state index contributed by atoms with van der Waals surface area (Å²) < 4.78 is 10.6. The van der Waals surface area contributed by atoms with E-state index < -0.39 is 0 Å². The van der Waals surface area contributed by atoms with Crippen molar-refractivity contribution >= 4 is 23.4 Å². The first-order valence-corrected chi connectivity index (χ1v) is 9.75. The van der Waals surface area contributed by atoms with Gasteiger partial charge in [-0.2, -0.15) is 0 Å². The van der Waals surface area contributed by atoms with Gasteiger partial charge in [0, 0.05) is 49.2 Å². The molecule has 0 spiro atoms. The molecule has 6 heteroatoms. The molecule has 2 aromatic carbocycles. The fourth-order valence-corrected chi connectivity index (χ4v) is 3.45. The Labute approximate surface area is 172 Å². The molecule has 0 radical (unpaired) electrons. The van der Waals surface area contributed by atoms with Gasteiger partial charge in [-0.05, 0) is 62.0 Å². The predicted molar refractivity (Wildman–Crippen MR) is 118 cm³/mol. The van der Waals surface area contributed by atoms with Gasteiger partial charge in [0.25, 0.3) is 0 Å². The molecule has 1 aliphatic rings. The maximum atomic E-state index is 12.4. The molecule has 0 aliphatic carbocycles. The van der Waals surface area contributed by atoms with Crippen LogP contribution in [0, 0.1) is 6.92 Å². The Morgan fingerprint density at radius 2 is 1.79 bits per heavy atom. The number of anilines is 2. The monoisotopic (exact) mass is 395 g/mol. The number of ether oxygens (including phenoxy) is 2. The second-order valence-electron chi connectivity index (χ2n) is 7.22. The minimum atomic E-state index is -0.193. The molecule has 0 bridgehead atoms. The fraction of sp³-hybridized carbons (Fsp3) is 0.348. The molecule has 3 rings (SSSR count). The van der Waals surface area contributed by atoms with Crippen LogP contribution in [-0.2, 0) is 4.79 Å². The van der Waals surface area contributed by atoms with Crippen molar-refractivity contribution in [1.29, 1.82) is 0 Å². The van der Waals surface area contributed by atoms with E-state index in [0.29, 0.717) is 11.5 Å². The average Bonchev–Trinajstić information content (AvgIpc) is 2.73. The Hall–Kier alpha value is -2.99. The summed E-state index contributed by atoms with van der Waals surface area (Å²) in [6.07, 6.45) is 3.23. The molecule has 0 unspecified atom stereocenters. The van der Waals surface area contributed by atoms with Crippen LogP contribution < -0.4 is 19.7 Å². The number of aryl methyl sites for hydroxylation is 1. The number of carbonyl (C=O) groups excluding carboxylic acids is 1. The van der Waals surface area contributed by atoms with Gasteiger partial charge in [-0.3, -0.25) is 4.79 Å². The lowest BCUT2D eigenvalue weighted by atomic mass is 10.1. The van der Waals surface area contributed by atoms with E-state index in [1.807, 2.05) is 30.3 Å². The largest absolute Gasteiger partial charge is 0.497 e. The maximum absolute atomic E-state index is 12.4. The van der Waals surface area contributed by atoms with Crippen LogP contribution in [0.1, 0.15) is 11.1 Å². The molecule has 154 valence electrons. The maximum Gasteiger partial charge on any atom is 0.248 e. The summed E-state index contributed by atoms with van der Waals surface area (Å²) >= 11 is 0. The Balaban J connectivity index is 1.66. The Morgan fingerprint density at radius 3 is 2.45 bits per heavy atom. The third-order valence-corrected chi connectivity index (χ3v) is 5.16. The number of hydrogen-bond acceptors (Lipinski definition) is 5. The lowest BCUT2D eigenvalue weighted by Gasteiger charge is -2.35. The molecule has 0 atom stereocenters. The van der Waals surface area contributed by atoms with Gasteiger partial charge in [-0.1, -0.05) is 0 Å². The molecular weight excluding hydrogens is 366 g/mol. The second-order valence-corrected chi connectivity index (χ2v) is 7.22. The number of amides is 1.